The summed E-state index contributed by atoms with van der Waals surface area (Å²) in [6, 6.07) is -0.292. The lowest BCUT2D eigenvalue weighted by Crippen LogP contribution is -2.35. The fourth-order valence-electron chi connectivity index (χ4n) is 1.16. The van der Waals surface area contributed by atoms with E-state index in [4.69, 9.17) is 4.74 Å². The number of rotatable bonds is 5. The second-order valence-corrected chi connectivity index (χ2v) is 3.35. The molecular weight excluding hydrogens is 194 g/mol. The van der Waals surface area contributed by atoms with E-state index in [0.717, 1.165) is 5.69 Å². The van der Waals surface area contributed by atoms with Crippen molar-refractivity contribution in [2.24, 2.45) is 7.05 Å². The Morgan fingerprint density at radius 2 is 2.47 bits per heavy atom. The summed E-state index contributed by atoms with van der Waals surface area (Å²) in [6.45, 7) is 4.60. The molecular formula is C10H17N3O2. The molecule has 0 aliphatic heterocycles. The summed E-state index contributed by atoms with van der Waals surface area (Å²) in [7, 11) is 1.92. The molecule has 0 fully saturated rings. The van der Waals surface area contributed by atoms with Crippen LogP contribution in [0.15, 0.2) is 12.5 Å². The van der Waals surface area contributed by atoms with E-state index in [2.05, 4.69) is 10.3 Å². The lowest BCUT2D eigenvalue weighted by Gasteiger charge is -2.12. The maximum atomic E-state index is 11.3. The average Bonchev–Trinajstić information content (AvgIpc) is 2.61. The van der Waals surface area contributed by atoms with Gasteiger partial charge in [-0.25, -0.2) is 4.98 Å². The van der Waals surface area contributed by atoms with Crippen LogP contribution < -0.4 is 5.32 Å². The van der Waals surface area contributed by atoms with Crippen molar-refractivity contribution < 1.29 is 9.53 Å². The first-order valence-electron chi connectivity index (χ1n) is 5.00. The molecule has 15 heavy (non-hydrogen) atoms. The largest absolute Gasteiger partial charge is 0.465 e. The molecule has 5 nitrogen and oxygen atoms in total. The zero-order valence-corrected chi connectivity index (χ0v) is 9.36. The fourth-order valence-corrected chi connectivity index (χ4v) is 1.16. The van der Waals surface area contributed by atoms with Crippen LogP contribution in [0.1, 0.15) is 19.5 Å². The molecule has 0 aliphatic carbocycles. The lowest BCUT2D eigenvalue weighted by molar-refractivity contribution is -0.145. The van der Waals surface area contributed by atoms with Gasteiger partial charge in [0.1, 0.15) is 6.04 Å². The Labute approximate surface area is 89.4 Å². The molecule has 0 saturated heterocycles. The highest BCUT2D eigenvalue weighted by Crippen LogP contribution is 1.97. The number of nitrogens with zero attached hydrogens (tertiary/aromatic N) is 2. The highest BCUT2D eigenvalue weighted by Gasteiger charge is 2.13. The maximum absolute atomic E-state index is 11.3. The van der Waals surface area contributed by atoms with Gasteiger partial charge < -0.3 is 9.30 Å². The van der Waals surface area contributed by atoms with Crippen LogP contribution in [0, 0.1) is 0 Å². The molecule has 1 N–H and O–H groups in total. The van der Waals surface area contributed by atoms with Gasteiger partial charge in [-0.1, -0.05) is 0 Å². The Hall–Kier alpha value is -1.36. The summed E-state index contributed by atoms with van der Waals surface area (Å²) in [5, 5.41) is 3.08. The molecule has 5 heteroatoms. The van der Waals surface area contributed by atoms with Gasteiger partial charge in [0, 0.05) is 19.8 Å². The van der Waals surface area contributed by atoms with Gasteiger partial charge in [0.15, 0.2) is 0 Å². The highest BCUT2D eigenvalue weighted by molar-refractivity contribution is 5.75. The minimum absolute atomic E-state index is 0.223. The van der Waals surface area contributed by atoms with Crippen LogP contribution in [0.4, 0.5) is 0 Å². The van der Waals surface area contributed by atoms with Crippen LogP contribution in [-0.4, -0.2) is 28.2 Å². The van der Waals surface area contributed by atoms with Gasteiger partial charge in [-0.15, -0.1) is 0 Å². The Bertz CT molecular complexity index is 322. The zero-order chi connectivity index (χ0) is 11.3. The number of imidazole rings is 1. The summed E-state index contributed by atoms with van der Waals surface area (Å²) in [5.74, 6) is -0.223. The van der Waals surface area contributed by atoms with Crippen molar-refractivity contribution in [1.82, 2.24) is 14.9 Å². The molecule has 1 unspecified atom stereocenters. The van der Waals surface area contributed by atoms with Crippen LogP contribution in [0.2, 0.25) is 0 Å². The van der Waals surface area contributed by atoms with Crippen LogP contribution in [0.3, 0.4) is 0 Å². The van der Waals surface area contributed by atoms with E-state index in [1.165, 1.54) is 0 Å². The smallest absolute Gasteiger partial charge is 0.322 e. The summed E-state index contributed by atoms with van der Waals surface area (Å²) in [6.07, 6.45) is 3.50. The average molecular weight is 211 g/mol. The molecule has 1 aromatic rings. The monoisotopic (exact) mass is 211 g/mol. The van der Waals surface area contributed by atoms with Gasteiger partial charge in [-0.05, 0) is 13.8 Å². The number of hydrogen-bond acceptors (Lipinski definition) is 4. The van der Waals surface area contributed by atoms with Gasteiger partial charge in [0.05, 0.1) is 18.6 Å². The van der Waals surface area contributed by atoms with Gasteiger partial charge in [0.2, 0.25) is 0 Å². The van der Waals surface area contributed by atoms with Crippen molar-refractivity contribution in [3.05, 3.63) is 18.2 Å². The molecule has 0 aromatic carbocycles. The molecule has 0 radical (unpaired) electrons. The summed E-state index contributed by atoms with van der Waals surface area (Å²) >= 11 is 0. The third-order valence-electron chi connectivity index (χ3n) is 2.15. The SMILES string of the molecule is CCOC(=O)C(C)NCc1cncn1C. The molecule has 84 valence electrons. The quantitative estimate of drug-likeness (QED) is 0.719. The second-order valence-electron chi connectivity index (χ2n) is 3.35. The number of carbonyl (C=O) groups excluding carboxylic acids is 1. The molecule has 0 aliphatic rings. The van der Waals surface area contributed by atoms with Gasteiger partial charge >= 0.3 is 5.97 Å². The molecule has 0 spiro atoms. The van der Waals surface area contributed by atoms with Crippen LogP contribution in [0.25, 0.3) is 0 Å². The van der Waals surface area contributed by atoms with E-state index in [0.29, 0.717) is 13.2 Å². The summed E-state index contributed by atoms with van der Waals surface area (Å²) < 4.78 is 6.79. The van der Waals surface area contributed by atoms with Crippen molar-refractivity contribution >= 4 is 5.97 Å². The second kappa shape index (κ2) is 5.50. The Balaban J connectivity index is 2.37. The van der Waals surface area contributed by atoms with Crippen molar-refractivity contribution in [2.75, 3.05) is 6.61 Å². The number of nitrogens with one attached hydrogen (secondary N) is 1. The summed E-state index contributed by atoms with van der Waals surface area (Å²) in [4.78, 5) is 15.3. The molecule has 0 saturated carbocycles. The van der Waals surface area contributed by atoms with Crippen molar-refractivity contribution in [2.45, 2.75) is 26.4 Å². The van der Waals surface area contributed by atoms with Gasteiger partial charge in [-0.3, -0.25) is 10.1 Å². The summed E-state index contributed by atoms with van der Waals surface area (Å²) in [5.41, 5.74) is 1.03. The fraction of sp³-hybridized carbons (Fsp3) is 0.600. The number of aromatic nitrogens is 2. The lowest BCUT2D eigenvalue weighted by atomic mass is 10.3. The molecule has 1 atom stereocenters. The third kappa shape index (κ3) is 3.36. The van der Waals surface area contributed by atoms with Crippen LogP contribution >= 0.6 is 0 Å². The number of esters is 1. The first-order chi connectivity index (χ1) is 7.15. The molecule has 0 bridgehead atoms. The Kier molecular flexibility index (Phi) is 4.30. The van der Waals surface area contributed by atoms with Gasteiger partial charge in [0.25, 0.3) is 0 Å². The first-order valence-corrected chi connectivity index (χ1v) is 5.00. The highest BCUT2D eigenvalue weighted by atomic mass is 16.5. The van der Waals surface area contributed by atoms with Crippen molar-refractivity contribution in [1.29, 1.82) is 0 Å². The van der Waals surface area contributed by atoms with E-state index in [1.807, 2.05) is 11.6 Å². The molecule has 1 heterocycles. The zero-order valence-electron chi connectivity index (χ0n) is 9.36. The number of aryl methyl sites for hydroxylation is 1. The number of carbonyl (C=O) groups is 1. The van der Waals surface area contributed by atoms with E-state index in [9.17, 15) is 4.79 Å². The molecule has 0 amide bonds. The minimum atomic E-state index is -0.292. The topological polar surface area (TPSA) is 56.1 Å². The van der Waals surface area contributed by atoms with Gasteiger partial charge in [-0.2, -0.15) is 0 Å². The maximum Gasteiger partial charge on any atom is 0.322 e. The molecule has 1 aromatic heterocycles. The standard InChI is InChI=1S/C10H17N3O2/c1-4-15-10(14)8(2)12-6-9-5-11-7-13(9)3/h5,7-8,12H,4,6H2,1-3H3. The van der Waals surface area contributed by atoms with E-state index in [1.54, 1.807) is 26.4 Å². The minimum Gasteiger partial charge on any atom is -0.465 e. The third-order valence-corrected chi connectivity index (χ3v) is 2.15. The normalized spacial score (nSPS) is 12.5. The van der Waals surface area contributed by atoms with Crippen molar-refractivity contribution in [3.8, 4) is 0 Å². The molecule has 1 rings (SSSR count). The van der Waals surface area contributed by atoms with Crippen LogP contribution in [0.5, 0.6) is 0 Å². The predicted molar refractivity (Wildman–Crippen MR) is 56.1 cm³/mol. The predicted octanol–water partition coefficient (Wildman–Crippen LogP) is 0.461. The Morgan fingerprint density at radius 1 is 1.73 bits per heavy atom. The van der Waals surface area contributed by atoms with Crippen LogP contribution in [-0.2, 0) is 23.1 Å². The first kappa shape index (κ1) is 11.7. The number of hydrogen-bond donors (Lipinski definition) is 1. The van der Waals surface area contributed by atoms with E-state index >= 15 is 0 Å². The Morgan fingerprint density at radius 3 is 3.00 bits per heavy atom. The van der Waals surface area contributed by atoms with Crippen molar-refractivity contribution in [3.63, 3.8) is 0 Å². The van der Waals surface area contributed by atoms with E-state index < -0.39 is 0 Å². The number of ether oxygens (including phenoxy) is 1. The van der Waals surface area contributed by atoms with E-state index in [-0.39, 0.29) is 12.0 Å².